The van der Waals surface area contributed by atoms with Crippen LogP contribution in [0.15, 0.2) is 36.4 Å². The van der Waals surface area contributed by atoms with Gasteiger partial charge in [-0.3, -0.25) is 15.0 Å². The van der Waals surface area contributed by atoms with Gasteiger partial charge in [-0.05, 0) is 35.9 Å². The van der Waals surface area contributed by atoms with Crippen molar-refractivity contribution in [3.8, 4) is 0 Å². The average Bonchev–Trinajstić information content (AvgIpc) is 3.07. The van der Waals surface area contributed by atoms with E-state index in [1.807, 2.05) is 0 Å². The van der Waals surface area contributed by atoms with E-state index in [4.69, 9.17) is 11.1 Å². The van der Waals surface area contributed by atoms with Crippen LogP contribution in [-0.4, -0.2) is 41.4 Å². The molecule has 0 spiro atoms. The summed E-state index contributed by atoms with van der Waals surface area (Å²) in [5.41, 5.74) is 9.36. The van der Waals surface area contributed by atoms with E-state index in [-0.39, 0.29) is 49.1 Å². The molecular weight excluding hydrogens is 378 g/mol. The molecule has 0 aliphatic carbocycles. The number of piperidine rings is 1. The van der Waals surface area contributed by atoms with Crippen LogP contribution in [0, 0.1) is 5.41 Å². The van der Waals surface area contributed by atoms with Crippen molar-refractivity contribution in [3.63, 3.8) is 0 Å². The SMILES string of the molecule is N=C(c1ccc2c(c1)CNC2=O)c1ccc(C(=O)N2CCC(F)(F)CC2)cc1N. The summed E-state index contributed by atoms with van der Waals surface area (Å²) in [6, 6.07) is 9.80. The second-order valence-corrected chi connectivity index (χ2v) is 7.38. The van der Waals surface area contributed by atoms with Crippen LogP contribution in [0.3, 0.4) is 0 Å². The zero-order valence-corrected chi connectivity index (χ0v) is 15.6. The third-order valence-corrected chi connectivity index (χ3v) is 5.43. The van der Waals surface area contributed by atoms with Crippen LogP contribution in [0.4, 0.5) is 14.5 Å². The number of carbonyl (C=O) groups is 2. The fourth-order valence-corrected chi connectivity index (χ4v) is 3.69. The number of alkyl halides is 2. The van der Waals surface area contributed by atoms with Gasteiger partial charge in [0.1, 0.15) is 0 Å². The number of halogens is 2. The largest absolute Gasteiger partial charge is 0.398 e. The Balaban J connectivity index is 1.54. The number of likely N-dealkylation sites (tertiary alicyclic amines) is 1. The summed E-state index contributed by atoms with van der Waals surface area (Å²) in [5, 5.41) is 11.2. The molecule has 0 saturated carbocycles. The molecular formula is C21H20F2N4O2. The molecule has 2 amide bonds. The minimum Gasteiger partial charge on any atom is -0.398 e. The van der Waals surface area contributed by atoms with E-state index < -0.39 is 5.92 Å². The Morgan fingerprint density at radius 1 is 1.10 bits per heavy atom. The molecule has 0 unspecified atom stereocenters. The Bertz CT molecular complexity index is 1030. The highest BCUT2D eigenvalue weighted by molar-refractivity contribution is 6.15. The van der Waals surface area contributed by atoms with Crippen molar-refractivity contribution >= 4 is 23.2 Å². The minimum absolute atomic E-state index is 0.00515. The number of nitrogen functional groups attached to an aromatic ring is 1. The lowest BCUT2D eigenvalue weighted by Crippen LogP contribution is -2.42. The number of benzene rings is 2. The van der Waals surface area contributed by atoms with Crippen molar-refractivity contribution in [3.05, 3.63) is 64.2 Å². The summed E-state index contributed by atoms with van der Waals surface area (Å²) in [4.78, 5) is 25.7. The van der Waals surface area contributed by atoms with Gasteiger partial charge in [-0.25, -0.2) is 8.78 Å². The highest BCUT2D eigenvalue weighted by Gasteiger charge is 2.35. The van der Waals surface area contributed by atoms with E-state index in [0.717, 1.165) is 5.56 Å². The molecule has 0 atom stereocenters. The first-order valence-electron chi connectivity index (χ1n) is 9.32. The first-order valence-corrected chi connectivity index (χ1v) is 9.32. The molecule has 2 aromatic rings. The first kappa shape index (κ1) is 19.0. The van der Waals surface area contributed by atoms with Crippen LogP contribution in [0.25, 0.3) is 0 Å². The maximum absolute atomic E-state index is 13.3. The molecule has 0 bridgehead atoms. The maximum atomic E-state index is 13.3. The number of anilines is 1. The number of carbonyl (C=O) groups excluding carboxylic acids is 2. The molecule has 2 heterocycles. The van der Waals surface area contributed by atoms with Gasteiger partial charge in [-0.1, -0.05) is 6.07 Å². The van der Waals surface area contributed by atoms with Gasteiger partial charge >= 0.3 is 0 Å². The van der Waals surface area contributed by atoms with Crippen molar-refractivity contribution in [1.82, 2.24) is 10.2 Å². The molecule has 150 valence electrons. The number of amides is 2. The lowest BCUT2D eigenvalue weighted by Gasteiger charge is -2.31. The van der Waals surface area contributed by atoms with E-state index in [2.05, 4.69) is 5.32 Å². The average molecular weight is 398 g/mol. The monoisotopic (exact) mass is 398 g/mol. The summed E-state index contributed by atoms with van der Waals surface area (Å²) < 4.78 is 26.6. The summed E-state index contributed by atoms with van der Waals surface area (Å²) >= 11 is 0. The Morgan fingerprint density at radius 2 is 1.79 bits per heavy atom. The van der Waals surface area contributed by atoms with Crippen LogP contribution in [-0.2, 0) is 6.54 Å². The molecule has 1 fully saturated rings. The zero-order valence-electron chi connectivity index (χ0n) is 15.6. The van der Waals surface area contributed by atoms with E-state index in [0.29, 0.717) is 28.8 Å². The molecule has 4 N–H and O–H groups in total. The number of hydrogen-bond donors (Lipinski definition) is 3. The van der Waals surface area contributed by atoms with Crippen LogP contribution in [0.1, 0.15) is 50.2 Å². The summed E-state index contributed by atoms with van der Waals surface area (Å²) in [6.45, 7) is 0.434. The maximum Gasteiger partial charge on any atom is 0.253 e. The normalized spacial score (nSPS) is 17.6. The molecule has 2 aliphatic heterocycles. The lowest BCUT2D eigenvalue weighted by molar-refractivity contribution is -0.0494. The smallest absolute Gasteiger partial charge is 0.253 e. The van der Waals surface area contributed by atoms with Gasteiger partial charge in [0.25, 0.3) is 17.7 Å². The second-order valence-electron chi connectivity index (χ2n) is 7.38. The Morgan fingerprint density at radius 3 is 2.48 bits per heavy atom. The van der Waals surface area contributed by atoms with Crippen molar-refractivity contribution in [2.45, 2.75) is 25.3 Å². The number of hydrogen-bond acceptors (Lipinski definition) is 4. The molecule has 0 aromatic heterocycles. The number of nitrogens with zero attached hydrogens (tertiary/aromatic N) is 1. The summed E-state index contributed by atoms with van der Waals surface area (Å²) in [5.74, 6) is -3.19. The van der Waals surface area contributed by atoms with Crippen LogP contribution in [0.5, 0.6) is 0 Å². The first-order chi connectivity index (χ1) is 13.7. The van der Waals surface area contributed by atoms with Crippen molar-refractivity contribution < 1.29 is 18.4 Å². The van der Waals surface area contributed by atoms with Crippen molar-refractivity contribution in [2.24, 2.45) is 0 Å². The molecule has 29 heavy (non-hydrogen) atoms. The van der Waals surface area contributed by atoms with E-state index >= 15 is 0 Å². The van der Waals surface area contributed by atoms with Gasteiger partial charge in [-0.2, -0.15) is 0 Å². The predicted molar refractivity (Wildman–Crippen MR) is 104 cm³/mol. The third-order valence-electron chi connectivity index (χ3n) is 5.43. The molecule has 4 rings (SSSR count). The second kappa shape index (κ2) is 6.95. The number of fused-ring (bicyclic) bond motifs is 1. The lowest BCUT2D eigenvalue weighted by atomic mass is 9.96. The number of nitrogens with two attached hydrogens (primary N) is 1. The number of nitrogens with one attached hydrogen (secondary N) is 2. The molecule has 1 saturated heterocycles. The van der Waals surface area contributed by atoms with Crippen LogP contribution < -0.4 is 11.1 Å². The highest BCUT2D eigenvalue weighted by atomic mass is 19.3. The summed E-state index contributed by atoms with van der Waals surface area (Å²) in [7, 11) is 0. The van der Waals surface area contributed by atoms with E-state index in [1.54, 1.807) is 30.3 Å². The third kappa shape index (κ3) is 3.57. The van der Waals surface area contributed by atoms with E-state index in [1.165, 1.54) is 11.0 Å². The molecule has 0 radical (unpaired) electrons. The van der Waals surface area contributed by atoms with Crippen molar-refractivity contribution in [1.29, 1.82) is 5.41 Å². The molecule has 2 aromatic carbocycles. The van der Waals surface area contributed by atoms with Gasteiger partial charge < -0.3 is 16.0 Å². The zero-order chi connectivity index (χ0) is 20.8. The highest BCUT2D eigenvalue weighted by Crippen LogP contribution is 2.29. The quantitative estimate of drug-likeness (QED) is 0.548. The Kier molecular flexibility index (Phi) is 4.56. The van der Waals surface area contributed by atoms with Gasteiger partial charge in [-0.15, -0.1) is 0 Å². The Hall–Kier alpha value is -3.29. The fourth-order valence-electron chi connectivity index (χ4n) is 3.69. The minimum atomic E-state index is -2.72. The number of rotatable bonds is 3. The molecule has 2 aliphatic rings. The van der Waals surface area contributed by atoms with Gasteiger partial charge in [0, 0.05) is 60.4 Å². The predicted octanol–water partition coefficient (Wildman–Crippen LogP) is 2.80. The topological polar surface area (TPSA) is 99.3 Å². The molecule has 6 nitrogen and oxygen atoms in total. The van der Waals surface area contributed by atoms with Crippen molar-refractivity contribution in [2.75, 3.05) is 18.8 Å². The van der Waals surface area contributed by atoms with Crippen LogP contribution in [0.2, 0.25) is 0 Å². The van der Waals surface area contributed by atoms with Gasteiger partial charge in [0.05, 0.1) is 5.71 Å². The summed E-state index contributed by atoms with van der Waals surface area (Å²) in [6.07, 6.45) is -0.681. The van der Waals surface area contributed by atoms with Crippen LogP contribution >= 0.6 is 0 Å². The standard InChI is InChI=1S/C21H20F2N4O2/c22-21(23)5-7-27(8-6-21)20(29)13-2-4-16(17(24)10-13)18(25)12-1-3-15-14(9-12)11-26-19(15)28/h1-4,9-10,25H,5-8,11,24H2,(H,26,28). The van der Waals surface area contributed by atoms with E-state index in [9.17, 15) is 18.4 Å². The van der Waals surface area contributed by atoms with Gasteiger partial charge in [0.15, 0.2) is 0 Å². The van der Waals surface area contributed by atoms with Gasteiger partial charge in [0.2, 0.25) is 0 Å². The Labute approximate surface area is 166 Å². The fraction of sp³-hybridized carbons (Fsp3) is 0.286. The molecule has 8 heteroatoms.